The summed E-state index contributed by atoms with van der Waals surface area (Å²) in [7, 11) is 0. The molecule has 1 atom stereocenters. The summed E-state index contributed by atoms with van der Waals surface area (Å²) in [5.41, 5.74) is 16.3. The highest BCUT2D eigenvalue weighted by molar-refractivity contribution is 6.14. The molecule has 0 radical (unpaired) electrons. The summed E-state index contributed by atoms with van der Waals surface area (Å²) in [5, 5.41) is 8.66. The van der Waals surface area contributed by atoms with Crippen molar-refractivity contribution in [3.05, 3.63) is 222 Å². The van der Waals surface area contributed by atoms with Crippen molar-refractivity contribution in [3.8, 4) is 22.5 Å². The maximum absolute atomic E-state index is 5.21. The summed E-state index contributed by atoms with van der Waals surface area (Å²) < 4.78 is 4.79. The highest BCUT2D eigenvalue weighted by atomic mass is 15.1. The van der Waals surface area contributed by atoms with Gasteiger partial charge in [-0.25, -0.2) is 0 Å². The summed E-state index contributed by atoms with van der Waals surface area (Å²) >= 11 is 0. The second-order valence-corrected chi connectivity index (χ2v) is 16.9. The average molecular weight is 773 g/mol. The van der Waals surface area contributed by atoms with Crippen LogP contribution in [0.5, 0.6) is 0 Å². The van der Waals surface area contributed by atoms with E-state index in [4.69, 9.17) is 4.99 Å². The van der Waals surface area contributed by atoms with Gasteiger partial charge in [0, 0.05) is 38.6 Å². The maximum Gasteiger partial charge on any atom is 0.145 e. The van der Waals surface area contributed by atoms with Crippen LogP contribution in [-0.2, 0) is 5.41 Å². The number of fused-ring (bicyclic) bond motifs is 6. The van der Waals surface area contributed by atoms with Crippen molar-refractivity contribution in [2.75, 3.05) is 0 Å². The van der Waals surface area contributed by atoms with Gasteiger partial charge in [-0.2, -0.15) is 0 Å². The lowest BCUT2D eigenvalue weighted by Crippen LogP contribution is -2.24. The van der Waals surface area contributed by atoms with Gasteiger partial charge in [0.2, 0.25) is 0 Å². The highest BCUT2D eigenvalue weighted by Gasteiger charge is 2.21. The van der Waals surface area contributed by atoms with Gasteiger partial charge in [0.1, 0.15) is 6.17 Å². The third-order valence-electron chi connectivity index (χ3n) is 12.1. The molecule has 0 aliphatic carbocycles. The van der Waals surface area contributed by atoms with E-state index in [1.807, 2.05) is 6.07 Å². The number of hydrogen-bond acceptors (Lipinski definition) is 2. The van der Waals surface area contributed by atoms with Crippen LogP contribution in [0.25, 0.3) is 71.8 Å². The lowest BCUT2D eigenvalue weighted by molar-refractivity contribution is 0.590. The Morgan fingerprint density at radius 3 is 1.45 bits per heavy atom. The van der Waals surface area contributed by atoms with Crippen LogP contribution in [0.3, 0.4) is 0 Å². The van der Waals surface area contributed by atoms with Gasteiger partial charge in [-0.1, -0.05) is 154 Å². The Morgan fingerprint density at radius 1 is 0.433 bits per heavy atom. The average Bonchev–Trinajstić information content (AvgIpc) is 3.81. The molecule has 0 saturated carbocycles. The first-order valence-corrected chi connectivity index (χ1v) is 20.8. The fourth-order valence-electron chi connectivity index (χ4n) is 9.02. The molecule has 4 heteroatoms. The first kappa shape index (κ1) is 35.7. The molecule has 11 rings (SSSR count). The molecular weight excluding hydrogens is 729 g/mol. The Kier molecular flexibility index (Phi) is 8.42. The minimum Gasteiger partial charge on any atom is -0.360 e. The van der Waals surface area contributed by atoms with Crippen molar-refractivity contribution < 1.29 is 0 Å². The molecule has 60 heavy (non-hydrogen) atoms. The number of aliphatic imine (C=N–C) groups is 1. The first-order chi connectivity index (χ1) is 29.4. The quantitative estimate of drug-likeness (QED) is 0.179. The molecule has 1 N–H and O–H groups in total. The van der Waals surface area contributed by atoms with Crippen LogP contribution in [-0.4, -0.2) is 14.8 Å². The van der Waals surface area contributed by atoms with Crippen molar-refractivity contribution >= 4 is 55.0 Å². The number of nitrogens with one attached hydrogen (secondary N) is 1. The van der Waals surface area contributed by atoms with E-state index in [0.717, 1.165) is 33.8 Å². The Hall–Kier alpha value is -7.43. The number of benzene rings is 8. The number of allylic oxidation sites excluding steroid dienone is 1. The maximum atomic E-state index is 5.21. The molecule has 4 nitrogen and oxygen atoms in total. The van der Waals surface area contributed by atoms with Gasteiger partial charge in [0.15, 0.2) is 0 Å². The monoisotopic (exact) mass is 772 g/mol. The fraction of sp³-hybridized carbons (Fsp3) is 0.0893. The van der Waals surface area contributed by atoms with E-state index in [0.29, 0.717) is 0 Å². The molecule has 3 heterocycles. The van der Waals surface area contributed by atoms with Crippen LogP contribution in [0.4, 0.5) is 0 Å². The number of para-hydroxylation sites is 2. The Bertz CT molecular complexity index is 3290. The van der Waals surface area contributed by atoms with Crippen LogP contribution >= 0.6 is 0 Å². The van der Waals surface area contributed by atoms with Crippen LogP contribution in [0.2, 0.25) is 0 Å². The molecule has 1 unspecified atom stereocenters. The van der Waals surface area contributed by atoms with Gasteiger partial charge >= 0.3 is 0 Å². The first-order valence-electron chi connectivity index (χ1n) is 20.8. The zero-order valence-electron chi connectivity index (χ0n) is 34.0. The molecule has 2 aromatic heterocycles. The molecule has 288 valence electrons. The normalized spacial score (nSPS) is 14.4. The van der Waals surface area contributed by atoms with E-state index in [2.05, 4.69) is 229 Å². The predicted molar refractivity (Wildman–Crippen MR) is 253 cm³/mol. The molecule has 1 aliphatic heterocycles. The molecular formula is C56H44N4. The summed E-state index contributed by atoms with van der Waals surface area (Å²) in [4.78, 5) is 5.21. The smallest absolute Gasteiger partial charge is 0.145 e. The number of rotatable bonds is 6. The van der Waals surface area contributed by atoms with Crippen molar-refractivity contribution in [3.63, 3.8) is 0 Å². The largest absolute Gasteiger partial charge is 0.360 e. The number of nitrogens with zero attached hydrogens (tertiary/aromatic N) is 3. The van der Waals surface area contributed by atoms with E-state index in [-0.39, 0.29) is 11.6 Å². The summed E-state index contributed by atoms with van der Waals surface area (Å²) in [6.07, 6.45) is 1.99. The standard InChI is InChI=1S/C56H44N4/c1-56(2,3)42-26-30-44(31-27-42)60-52-21-13-11-19-46(52)48-35-41(25-33-54(48)60)40-24-32-53-47(34-40)45-18-10-12-20-51(45)59(53)43-28-22-38(23-29-43)50-36-49(37-14-6-4-7-15-37)57-55(58-50)39-16-8-5-9-17-39/h4-36,55,57H,1-3H3. The molecule has 0 bridgehead atoms. The fourth-order valence-corrected chi connectivity index (χ4v) is 9.02. The Labute approximate surface area is 350 Å². The van der Waals surface area contributed by atoms with Gasteiger partial charge in [0.05, 0.1) is 27.8 Å². The third kappa shape index (κ3) is 6.11. The van der Waals surface area contributed by atoms with E-state index in [9.17, 15) is 0 Å². The molecule has 0 amide bonds. The molecule has 10 aromatic rings. The van der Waals surface area contributed by atoms with Crippen molar-refractivity contribution in [1.82, 2.24) is 14.5 Å². The van der Waals surface area contributed by atoms with Crippen molar-refractivity contribution in [2.24, 2.45) is 4.99 Å². The summed E-state index contributed by atoms with van der Waals surface area (Å²) in [5.74, 6) is 0. The van der Waals surface area contributed by atoms with Gasteiger partial charge in [-0.05, 0) is 106 Å². The van der Waals surface area contributed by atoms with Gasteiger partial charge < -0.3 is 14.5 Å². The zero-order chi connectivity index (χ0) is 40.4. The molecule has 0 saturated heterocycles. The molecule has 0 spiro atoms. The lowest BCUT2D eigenvalue weighted by Gasteiger charge is -2.25. The summed E-state index contributed by atoms with van der Waals surface area (Å²) in [6.45, 7) is 6.80. The van der Waals surface area contributed by atoms with E-state index < -0.39 is 0 Å². The van der Waals surface area contributed by atoms with Crippen LogP contribution in [0, 0.1) is 0 Å². The van der Waals surface area contributed by atoms with Crippen molar-refractivity contribution in [1.29, 1.82) is 0 Å². The Balaban J connectivity index is 0.978. The number of aromatic nitrogens is 2. The predicted octanol–water partition coefficient (Wildman–Crippen LogP) is 14.0. The zero-order valence-corrected chi connectivity index (χ0v) is 34.0. The highest BCUT2D eigenvalue weighted by Crippen LogP contribution is 2.39. The van der Waals surface area contributed by atoms with Crippen molar-refractivity contribution in [2.45, 2.75) is 32.4 Å². The van der Waals surface area contributed by atoms with E-state index >= 15 is 0 Å². The molecule has 0 fully saturated rings. The van der Waals surface area contributed by atoms with Gasteiger partial charge in [0.25, 0.3) is 0 Å². The van der Waals surface area contributed by atoms with Gasteiger partial charge in [-0.15, -0.1) is 0 Å². The topological polar surface area (TPSA) is 34.2 Å². The minimum atomic E-state index is -0.183. The molecule has 8 aromatic carbocycles. The summed E-state index contributed by atoms with van der Waals surface area (Å²) in [6, 6.07) is 70.3. The number of hydrogen-bond donors (Lipinski definition) is 1. The second kappa shape index (κ2) is 14.1. The van der Waals surface area contributed by atoms with Crippen LogP contribution in [0.1, 0.15) is 49.2 Å². The van der Waals surface area contributed by atoms with E-state index in [1.54, 1.807) is 0 Å². The van der Waals surface area contributed by atoms with E-state index in [1.165, 1.54) is 66.0 Å². The lowest BCUT2D eigenvalue weighted by atomic mass is 9.87. The third-order valence-corrected chi connectivity index (χ3v) is 12.1. The molecule has 1 aliphatic rings. The Morgan fingerprint density at radius 2 is 0.900 bits per heavy atom. The SMILES string of the molecule is CC(C)(C)c1ccc(-n2c3ccccc3c3cc(-c4ccc5c(c4)c4ccccc4n5-c4ccc(C5=NC(c6ccccc6)NC(c6ccccc6)=C5)cc4)ccc32)cc1. The second-order valence-electron chi connectivity index (χ2n) is 16.9. The van der Waals surface area contributed by atoms with Crippen LogP contribution in [0.15, 0.2) is 205 Å². The van der Waals surface area contributed by atoms with Crippen LogP contribution < -0.4 is 5.32 Å². The van der Waals surface area contributed by atoms with Gasteiger partial charge in [-0.3, -0.25) is 4.99 Å². The minimum absolute atomic E-state index is 0.105.